The van der Waals surface area contributed by atoms with Crippen molar-refractivity contribution in [2.45, 2.75) is 0 Å². The van der Waals surface area contributed by atoms with E-state index in [4.69, 9.17) is 0 Å². The molecule has 0 aliphatic rings. The molecule has 0 saturated carbocycles. The molecule has 0 saturated heterocycles. The van der Waals surface area contributed by atoms with Crippen molar-refractivity contribution >= 4 is 0 Å². The summed E-state index contributed by atoms with van der Waals surface area (Å²) in [6.45, 7) is 1.38. The SMILES string of the molecule is COCCOC.[Co].[Zn].[Zn]. The first-order valence-electron chi connectivity index (χ1n) is 1.89. The van der Waals surface area contributed by atoms with E-state index in [2.05, 4.69) is 9.47 Å². The summed E-state index contributed by atoms with van der Waals surface area (Å²) in [6.07, 6.45) is 0. The summed E-state index contributed by atoms with van der Waals surface area (Å²) in [7, 11) is 3.30. The summed E-state index contributed by atoms with van der Waals surface area (Å²) in [5.41, 5.74) is 0. The van der Waals surface area contributed by atoms with Crippen molar-refractivity contribution in [2.75, 3.05) is 27.4 Å². The molecule has 5 heteroatoms. The van der Waals surface area contributed by atoms with E-state index in [0.717, 1.165) is 0 Å². The average Bonchev–Trinajstić information content (AvgIpc) is 1.61. The normalized spacial score (nSPS) is 6.00. The number of methoxy groups -OCH3 is 2. The maximum atomic E-state index is 4.66. The van der Waals surface area contributed by atoms with Crippen LogP contribution in [0.5, 0.6) is 0 Å². The van der Waals surface area contributed by atoms with E-state index in [1.807, 2.05) is 0 Å². The Bertz CT molecular complexity index is 28.5. The quantitative estimate of drug-likeness (QED) is 0.546. The van der Waals surface area contributed by atoms with Gasteiger partial charge in [-0.25, -0.2) is 0 Å². The van der Waals surface area contributed by atoms with Crippen LogP contribution in [-0.2, 0) is 65.2 Å². The molecule has 0 atom stereocenters. The molecule has 0 unspecified atom stereocenters. The Hall–Kier alpha value is 1.67. The van der Waals surface area contributed by atoms with Crippen LogP contribution >= 0.6 is 0 Å². The Morgan fingerprint density at radius 2 is 1.11 bits per heavy atom. The number of hydrogen-bond acceptors (Lipinski definition) is 2. The molecule has 0 N–H and O–H groups in total. The second-order valence-corrected chi connectivity index (χ2v) is 0.986. The van der Waals surface area contributed by atoms with Crippen LogP contribution in [0.25, 0.3) is 0 Å². The standard InChI is InChI=1S/C4H10O2.Co.2Zn/c1-5-3-4-6-2;;;/h3-4H2,1-2H3;;;. The summed E-state index contributed by atoms with van der Waals surface area (Å²) < 4.78 is 9.31. The van der Waals surface area contributed by atoms with Crippen molar-refractivity contribution < 1.29 is 65.2 Å². The van der Waals surface area contributed by atoms with Crippen molar-refractivity contribution in [2.24, 2.45) is 0 Å². The smallest absolute Gasteiger partial charge is 0.0696 e. The molecule has 0 bridgehead atoms. The summed E-state index contributed by atoms with van der Waals surface area (Å²) in [5, 5.41) is 0. The van der Waals surface area contributed by atoms with Crippen molar-refractivity contribution in [3.8, 4) is 0 Å². The van der Waals surface area contributed by atoms with E-state index < -0.39 is 0 Å². The average molecular weight is 280 g/mol. The maximum absolute atomic E-state index is 4.66. The van der Waals surface area contributed by atoms with Crippen LogP contribution < -0.4 is 0 Å². The van der Waals surface area contributed by atoms with Gasteiger partial charge in [0.1, 0.15) is 0 Å². The Labute approximate surface area is 92.1 Å². The molecule has 0 aliphatic carbocycles. The molecule has 51 valence electrons. The van der Waals surface area contributed by atoms with Gasteiger partial charge in [0.2, 0.25) is 0 Å². The van der Waals surface area contributed by atoms with Crippen LogP contribution in [0.15, 0.2) is 0 Å². The molecule has 0 amide bonds. The first-order valence-corrected chi connectivity index (χ1v) is 1.89. The molecule has 0 heterocycles. The van der Waals surface area contributed by atoms with Crippen LogP contribution in [0, 0.1) is 0 Å². The summed E-state index contributed by atoms with van der Waals surface area (Å²) in [5.74, 6) is 0. The minimum atomic E-state index is 0. The predicted octanol–water partition coefficient (Wildman–Crippen LogP) is 0.272. The van der Waals surface area contributed by atoms with Crippen LogP contribution in [0.3, 0.4) is 0 Å². The monoisotopic (exact) mass is 277 g/mol. The van der Waals surface area contributed by atoms with Crippen molar-refractivity contribution in [3.05, 3.63) is 0 Å². The molecule has 0 spiro atoms. The largest absolute Gasteiger partial charge is 0.382 e. The molecule has 9 heavy (non-hydrogen) atoms. The molecule has 0 fully saturated rings. The van der Waals surface area contributed by atoms with E-state index in [9.17, 15) is 0 Å². The van der Waals surface area contributed by atoms with Crippen molar-refractivity contribution in [1.29, 1.82) is 0 Å². The van der Waals surface area contributed by atoms with Gasteiger partial charge in [0, 0.05) is 70.0 Å². The van der Waals surface area contributed by atoms with E-state index in [0.29, 0.717) is 13.2 Å². The van der Waals surface area contributed by atoms with E-state index in [-0.39, 0.29) is 55.7 Å². The van der Waals surface area contributed by atoms with Crippen LogP contribution in [-0.4, -0.2) is 27.4 Å². The van der Waals surface area contributed by atoms with Gasteiger partial charge in [-0.05, 0) is 0 Å². The van der Waals surface area contributed by atoms with Crippen LogP contribution in [0.1, 0.15) is 0 Å². The molecular formula is C4H10CoO2Zn2. The van der Waals surface area contributed by atoms with Crippen LogP contribution in [0.4, 0.5) is 0 Å². The summed E-state index contributed by atoms with van der Waals surface area (Å²) >= 11 is 0. The third kappa shape index (κ3) is 26.1. The van der Waals surface area contributed by atoms with E-state index in [1.54, 1.807) is 14.2 Å². The zero-order chi connectivity index (χ0) is 4.83. The van der Waals surface area contributed by atoms with Gasteiger partial charge in [-0.3, -0.25) is 0 Å². The van der Waals surface area contributed by atoms with Gasteiger partial charge in [-0.1, -0.05) is 0 Å². The van der Waals surface area contributed by atoms with Crippen molar-refractivity contribution in [1.82, 2.24) is 0 Å². The third-order valence-corrected chi connectivity index (χ3v) is 0.492. The Morgan fingerprint density at radius 3 is 1.22 bits per heavy atom. The van der Waals surface area contributed by atoms with Gasteiger partial charge in [0.25, 0.3) is 0 Å². The molecule has 0 aliphatic heterocycles. The first kappa shape index (κ1) is 22.4. The molecule has 0 rings (SSSR count). The molecule has 0 aromatic heterocycles. The van der Waals surface area contributed by atoms with Crippen LogP contribution in [0.2, 0.25) is 0 Å². The minimum absolute atomic E-state index is 0. The number of hydrogen-bond donors (Lipinski definition) is 0. The van der Waals surface area contributed by atoms with Gasteiger partial charge in [-0.2, -0.15) is 0 Å². The predicted molar refractivity (Wildman–Crippen MR) is 23.8 cm³/mol. The summed E-state index contributed by atoms with van der Waals surface area (Å²) in [6, 6.07) is 0. The Morgan fingerprint density at radius 1 is 0.889 bits per heavy atom. The van der Waals surface area contributed by atoms with Gasteiger partial charge in [-0.15, -0.1) is 0 Å². The van der Waals surface area contributed by atoms with Gasteiger partial charge in [0.05, 0.1) is 13.2 Å². The fourth-order valence-corrected chi connectivity index (χ4v) is 0.167. The topological polar surface area (TPSA) is 18.5 Å². The fraction of sp³-hybridized carbons (Fsp3) is 1.00. The first-order chi connectivity index (χ1) is 2.91. The molecular weight excluding hydrogens is 270 g/mol. The fourth-order valence-electron chi connectivity index (χ4n) is 0.167. The molecule has 0 aromatic rings. The van der Waals surface area contributed by atoms with Gasteiger partial charge in [0.15, 0.2) is 0 Å². The Balaban J connectivity index is -0.0000000417. The van der Waals surface area contributed by atoms with Gasteiger partial charge >= 0.3 is 0 Å². The van der Waals surface area contributed by atoms with E-state index >= 15 is 0 Å². The molecule has 0 aromatic carbocycles. The van der Waals surface area contributed by atoms with E-state index in [1.165, 1.54) is 0 Å². The van der Waals surface area contributed by atoms with Crippen molar-refractivity contribution in [3.63, 3.8) is 0 Å². The second kappa shape index (κ2) is 22.6. The van der Waals surface area contributed by atoms with Gasteiger partial charge < -0.3 is 9.47 Å². The third-order valence-electron chi connectivity index (χ3n) is 0.492. The zero-order valence-electron chi connectivity index (χ0n) is 5.98. The number of ether oxygens (including phenoxy) is 2. The minimum Gasteiger partial charge on any atom is -0.382 e. The molecule has 1 radical (unpaired) electrons. The zero-order valence-corrected chi connectivity index (χ0v) is 13.0. The second-order valence-electron chi connectivity index (χ2n) is 0.986. The molecule has 2 nitrogen and oxygen atoms in total. The summed E-state index contributed by atoms with van der Waals surface area (Å²) in [4.78, 5) is 0. The number of rotatable bonds is 3. The Kier molecular flexibility index (Phi) is 56.3. The maximum Gasteiger partial charge on any atom is 0.0696 e.